The van der Waals surface area contributed by atoms with Crippen LogP contribution in [0, 0.1) is 5.92 Å². The van der Waals surface area contributed by atoms with Gasteiger partial charge in [-0.2, -0.15) is 0 Å². The first-order chi connectivity index (χ1) is 13.6. The van der Waals surface area contributed by atoms with Crippen LogP contribution in [0.3, 0.4) is 0 Å². The summed E-state index contributed by atoms with van der Waals surface area (Å²) in [5, 5.41) is 3.26. The average molecular weight is 390 g/mol. The zero-order chi connectivity index (χ0) is 19.8. The van der Waals surface area contributed by atoms with Crippen molar-refractivity contribution < 1.29 is 14.3 Å². The maximum atomic E-state index is 12.4. The molecular weight excluding hydrogens is 354 g/mol. The lowest BCUT2D eigenvalue weighted by Crippen LogP contribution is -2.51. The van der Waals surface area contributed by atoms with Crippen LogP contribution in [0.1, 0.15) is 32.6 Å². The molecule has 3 rings (SSSR count). The van der Waals surface area contributed by atoms with Gasteiger partial charge in [-0.1, -0.05) is 19.8 Å². The summed E-state index contributed by atoms with van der Waals surface area (Å²) in [5.74, 6) is 2.51. The average Bonchev–Trinajstić information content (AvgIpc) is 2.71. The number of ether oxygens (including phenoxy) is 2. The largest absolute Gasteiger partial charge is 0.497 e. The van der Waals surface area contributed by atoms with E-state index < -0.39 is 0 Å². The molecular formula is C22H35N3O3. The molecule has 1 amide bonds. The second-order valence-electron chi connectivity index (χ2n) is 8.08. The fourth-order valence-corrected chi connectivity index (χ4v) is 4.12. The maximum Gasteiger partial charge on any atom is 0.234 e. The Labute approximate surface area is 169 Å². The van der Waals surface area contributed by atoms with E-state index in [0.717, 1.165) is 50.6 Å². The molecule has 0 spiro atoms. The maximum absolute atomic E-state index is 12.4. The molecule has 6 heteroatoms. The summed E-state index contributed by atoms with van der Waals surface area (Å²) in [4.78, 5) is 17.1. The fourth-order valence-electron chi connectivity index (χ4n) is 4.12. The molecule has 2 aliphatic rings. The highest BCUT2D eigenvalue weighted by atomic mass is 16.5. The lowest BCUT2D eigenvalue weighted by atomic mass is 9.86. The summed E-state index contributed by atoms with van der Waals surface area (Å²) in [6, 6.07) is 8.06. The third-order valence-electron chi connectivity index (χ3n) is 6.03. The van der Waals surface area contributed by atoms with Crippen molar-refractivity contribution in [3.63, 3.8) is 0 Å². The van der Waals surface area contributed by atoms with Gasteiger partial charge in [-0.3, -0.25) is 14.6 Å². The van der Waals surface area contributed by atoms with Crippen molar-refractivity contribution in [3.8, 4) is 11.5 Å². The summed E-state index contributed by atoms with van der Waals surface area (Å²) in [6.07, 6.45) is 4.92. The molecule has 6 nitrogen and oxygen atoms in total. The first kappa shape index (κ1) is 20.9. The second kappa shape index (κ2) is 10.7. The lowest BCUT2D eigenvalue weighted by Gasteiger charge is -2.35. The summed E-state index contributed by atoms with van der Waals surface area (Å²) in [5.41, 5.74) is 0. The number of hydrogen-bond donors (Lipinski definition) is 1. The van der Waals surface area contributed by atoms with Gasteiger partial charge in [-0.15, -0.1) is 0 Å². The molecule has 1 aromatic carbocycles. The van der Waals surface area contributed by atoms with Crippen molar-refractivity contribution in [2.24, 2.45) is 5.92 Å². The van der Waals surface area contributed by atoms with Crippen LogP contribution in [-0.4, -0.2) is 74.7 Å². The van der Waals surface area contributed by atoms with E-state index >= 15 is 0 Å². The van der Waals surface area contributed by atoms with Gasteiger partial charge in [-0.25, -0.2) is 0 Å². The molecule has 1 N–H and O–H groups in total. The smallest absolute Gasteiger partial charge is 0.234 e. The van der Waals surface area contributed by atoms with E-state index in [1.165, 1.54) is 19.3 Å². The third-order valence-corrected chi connectivity index (χ3v) is 6.03. The number of carbonyl (C=O) groups is 1. The van der Waals surface area contributed by atoms with E-state index in [-0.39, 0.29) is 5.91 Å². The zero-order valence-electron chi connectivity index (χ0n) is 17.4. The van der Waals surface area contributed by atoms with Gasteiger partial charge in [0.05, 0.1) is 13.7 Å². The number of nitrogens with zero attached hydrogens (tertiary/aromatic N) is 2. The Bertz CT molecular complexity index is 600. The minimum atomic E-state index is 0.190. The van der Waals surface area contributed by atoms with Crippen LogP contribution < -0.4 is 14.8 Å². The highest BCUT2D eigenvalue weighted by Crippen LogP contribution is 2.23. The van der Waals surface area contributed by atoms with Crippen molar-refractivity contribution >= 4 is 5.91 Å². The molecule has 0 unspecified atom stereocenters. The van der Waals surface area contributed by atoms with Crippen LogP contribution in [0.4, 0.5) is 0 Å². The first-order valence-corrected chi connectivity index (χ1v) is 10.6. The predicted octanol–water partition coefficient (Wildman–Crippen LogP) is 2.39. The minimum absolute atomic E-state index is 0.190. The number of rotatable bonds is 8. The van der Waals surface area contributed by atoms with E-state index in [4.69, 9.17) is 9.47 Å². The Morgan fingerprint density at radius 1 is 1.04 bits per heavy atom. The molecule has 0 bridgehead atoms. The van der Waals surface area contributed by atoms with Gasteiger partial charge in [-0.05, 0) is 43.0 Å². The van der Waals surface area contributed by atoms with E-state index in [1.54, 1.807) is 7.11 Å². The number of benzene rings is 1. The van der Waals surface area contributed by atoms with Gasteiger partial charge in [0.1, 0.15) is 18.1 Å². The van der Waals surface area contributed by atoms with Crippen LogP contribution in [0.5, 0.6) is 11.5 Å². The van der Waals surface area contributed by atoms with Crippen molar-refractivity contribution in [1.82, 2.24) is 15.1 Å². The van der Waals surface area contributed by atoms with Crippen LogP contribution >= 0.6 is 0 Å². The standard InChI is InChI=1S/C22H35N3O3/c1-18-5-3-4-6-21(18)23-22(26)17-25-13-11-24(12-14-25)15-16-28-20-9-7-19(27-2)8-10-20/h7-10,18,21H,3-6,11-17H2,1-2H3,(H,23,26)/t18-,21-/m1/s1. The fraction of sp³-hybridized carbons (Fsp3) is 0.682. The molecule has 2 atom stereocenters. The van der Waals surface area contributed by atoms with Crippen molar-refractivity contribution in [2.75, 3.05) is 53.0 Å². The molecule has 1 saturated carbocycles. The van der Waals surface area contributed by atoms with Crippen molar-refractivity contribution in [3.05, 3.63) is 24.3 Å². The molecule has 1 saturated heterocycles. The summed E-state index contributed by atoms with van der Waals surface area (Å²) in [6.45, 7) is 8.22. The highest BCUT2D eigenvalue weighted by Gasteiger charge is 2.24. The topological polar surface area (TPSA) is 54.0 Å². The molecule has 156 valence electrons. The Morgan fingerprint density at radius 2 is 1.68 bits per heavy atom. The van der Waals surface area contributed by atoms with Gasteiger partial charge in [0, 0.05) is 38.8 Å². The Balaban J connectivity index is 1.30. The van der Waals surface area contributed by atoms with E-state index in [9.17, 15) is 4.79 Å². The summed E-state index contributed by atoms with van der Waals surface area (Å²) < 4.78 is 11.0. The molecule has 28 heavy (non-hydrogen) atoms. The highest BCUT2D eigenvalue weighted by molar-refractivity contribution is 5.78. The number of nitrogens with one attached hydrogen (secondary N) is 1. The molecule has 2 fully saturated rings. The zero-order valence-corrected chi connectivity index (χ0v) is 17.4. The Morgan fingerprint density at radius 3 is 2.36 bits per heavy atom. The molecule has 0 radical (unpaired) electrons. The van der Waals surface area contributed by atoms with Crippen LogP contribution in [0.15, 0.2) is 24.3 Å². The molecule has 1 heterocycles. The number of amides is 1. The number of hydrogen-bond acceptors (Lipinski definition) is 5. The van der Waals surface area contributed by atoms with E-state index in [1.807, 2.05) is 24.3 Å². The first-order valence-electron chi connectivity index (χ1n) is 10.6. The summed E-state index contributed by atoms with van der Waals surface area (Å²) >= 11 is 0. The van der Waals surface area contributed by atoms with E-state index in [0.29, 0.717) is 25.1 Å². The quantitative estimate of drug-likeness (QED) is 0.740. The number of carbonyl (C=O) groups excluding carboxylic acids is 1. The molecule has 1 aliphatic heterocycles. The monoisotopic (exact) mass is 389 g/mol. The van der Waals surface area contributed by atoms with Crippen molar-refractivity contribution in [1.29, 1.82) is 0 Å². The lowest BCUT2D eigenvalue weighted by molar-refractivity contribution is -0.124. The van der Waals surface area contributed by atoms with Crippen LogP contribution in [-0.2, 0) is 4.79 Å². The van der Waals surface area contributed by atoms with Gasteiger partial charge < -0.3 is 14.8 Å². The molecule has 0 aromatic heterocycles. The van der Waals surface area contributed by atoms with Gasteiger partial charge >= 0.3 is 0 Å². The third kappa shape index (κ3) is 6.38. The van der Waals surface area contributed by atoms with Crippen molar-refractivity contribution in [2.45, 2.75) is 38.6 Å². The van der Waals surface area contributed by atoms with Crippen LogP contribution in [0.2, 0.25) is 0 Å². The Hall–Kier alpha value is -1.79. The number of methoxy groups -OCH3 is 1. The van der Waals surface area contributed by atoms with Gasteiger partial charge in [0.15, 0.2) is 0 Å². The molecule has 1 aromatic rings. The summed E-state index contributed by atoms with van der Waals surface area (Å²) in [7, 11) is 1.66. The number of piperazine rings is 1. The van der Waals surface area contributed by atoms with Gasteiger partial charge in [0.25, 0.3) is 0 Å². The minimum Gasteiger partial charge on any atom is -0.497 e. The van der Waals surface area contributed by atoms with E-state index in [2.05, 4.69) is 22.0 Å². The van der Waals surface area contributed by atoms with Gasteiger partial charge in [0.2, 0.25) is 5.91 Å². The Kier molecular flexibility index (Phi) is 7.98. The van der Waals surface area contributed by atoms with Crippen LogP contribution in [0.25, 0.3) is 0 Å². The SMILES string of the molecule is COc1ccc(OCCN2CCN(CC(=O)N[C@@H]3CCCC[C@H]3C)CC2)cc1. The molecule has 1 aliphatic carbocycles. The normalized spacial score (nSPS) is 23.9. The predicted molar refractivity (Wildman–Crippen MR) is 111 cm³/mol. The second-order valence-corrected chi connectivity index (χ2v) is 8.08.